The molecule has 4 nitrogen and oxygen atoms in total. The van der Waals surface area contributed by atoms with Crippen molar-refractivity contribution in [3.63, 3.8) is 0 Å². The number of hydrogen-bond acceptors (Lipinski definition) is 2. The molecule has 222 valence electrons. The summed E-state index contributed by atoms with van der Waals surface area (Å²) < 4.78 is 4.47. The molecule has 0 bridgehead atoms. The van der Waals surface area contributed by atoms with Gasteiger partial charge in [0.25, 0.3) is 0 Å². The maximum absolute atomic E-state index is 10.5. The van der Waals surface area contributed by atoms with Crippen LogP contribution in [0.1, 0.15) is 11.1 Å². The molecule has 0 N–H and O–H groups in total. The molecular weight excluding hydrogens is 585 g/mol. The number of aromatic nitrogens is 2. The third-order valence-electron chi connectivity index (χ3n) is 9.43. The molecule has 9 rings (SSSR count). The summed E-state index contributed by atoms with van der Waals surface area (Å²) in [6.45, 7) is 0. The summed E-state index contributed by atoms with van der Waals surface area (Å²) in [5, 5.41) is 24.9. The Morgan fingerprint density at radius 3 is 1.58 bits per heavy atom. The second-order valence-electron chi connectivity index (χ2n) is 11.9. The van der Waals surface area contributed by atoms with Gasteiger partial charge in [-0.2, -0.15) is 10.5 Å². The molecule has 0 aliphatic heterocycles. The molecule has 0 radical (unpaired) electrons. The lowest BCUT2D eigenvalue weighted by Gasteiger charge is -2.18. The molecule has 2 aromatic heterocycles. The fourth-order valence-electron chi connectivity index (χ4n) is 7.41. The third-order valence-corrected chi connectivity index (χ3v) is 9.43. The number of fused-ring (bicyclic) bond motifs is 6. The van der Waals surface area contributed by atoms with Gasteiger partial charge in [0.1, 0.15) is 6.07 Å². The maximum Gasteiger partial charge on any atom is 0.101 e. The van der Waals surface area contributed by atoms with Crippen LogP contribution in [0.5, 0.6) is 0 Å². The fraction of sp³-hybridized carbons (Fsp3) is 0. The average Bonchev–Trinajstić information content (AvgIpc) is 3.67. The molecule has 9 aromatic rings. The molecule has 0 saturated carbocycles. The van der Waals surface area contributed by atoms with Crippen molar-refractivity contribution >= 4 is 43.6 Å². The van der Waals surface area contributed by atoms with Crippen LogP contribution in [0.3, 0.4) is 0 Å². The van der Waals surface area contributed by atoms with Crippen molar-refractivity contribution in [3.05, 3.63) is 169 Å². The number of benzene rings is 7. The van der Waals surface area contributed by atoms with Gasteiger partial charge >= 0.3 is 0 Å². The quantitative estimate of drug-likeness (QED) is 0.199. The standard InChI is InChI=1S/C44H26N4/c45-27-30-12-11-23-43-44(30)37-18-6-10-22-42(37)48(43)39-19-7-3-15-34(39)33-14-2-1-13-32(33)29-24-25-38(31(26-29)28-46)47-40-20-8-4-16-35(40)36-17-5-9-21-41(36)47/h1-26H. The van der Waals surface area contributed by atoms with Gasteiger partial charge in [-0.05, 0) is 65.2 Å². The number of para-hydroxylation sites is 4. The van der Waals surface area contributed by atoms with Crippen LogP contribution in [0.15, 0.2) is 158 Å². The van der Waals surface area contributed by atoms with Crippen molar-refractivity contribution in [2.24, 2.45) is 0 Å². The van der Waals surface area contributed by atoms with Gasteiger partial charge in [0.2, 0.25) is 0 Å². The first-order valence-corrected chi connectivity index (χ1v) is 15.9. The topological polar surface area (TPSA) is 57.4 Å². The van der Waals surface area contributed by atoms with Gasteiger partial charge in [0, 0.05) is 27.1 Å². The first-order chi connectivity index (χ1) is 23.8. The van der Waals surface area contributed by atoms with Crippen LogP contribution < -0.4 is 0 Å². The number of nitrogens with zero attached hydrogens (tertiary/aromatic N) is 4. The highest BCUT2D eigenvalue weighted by atomic mass is 15.0. The van der Waals surface area contributed by atoms with Crippen molar-refractivity contribution < 1.29 is 0 Å². The van der Waals surface area contributed by atoms with Crippen molar-refractivity contribution in [2.45, 2.75) is 0 Å². The summed E-state index contributed by atoms with van der Waals surface area (Å²) >= 11 is 0. The molecule has 0 saturated heterocycles. The first kappa shape index (κ1) is 27.4. The zero-order valence-electron chi connectivity index (χ0n) is 25.8. The smallest absolute Gasteiger partial charge is 0.101 e. The lowest BCUT2D eigenvalue weighted by atomic mass is 9.92. The van der Waals surface area contributed by atoms with Crippen LogP contribution in [-0.4, -0.2) is 9.13 Å². The fourth-order valence-corrected chi connectivity index (χ4v) is 7.41. The highest BCUT2D eigenvalue weighted by molar-refractivity contribution is 6.12. The van der Waals surface area contributed by atoms with Crippen molar-refractivity contribution in [1.29, 1.82) is 10.5 Å². The van der Waals surface area contributed by atoms with Gasteiger partial charge < -0.3 is 9.13 Å². The molecule has 48 heavy (non-hydrogen) atoms. The largest absolute Gasteiger partial charge is 0.309 e. The highest BCUT2D eigenvalue weighted by Gasteiger charge is 2.20. The second-order valence-corrected chi connectivity index (χ2v) is 11.9. The summed E-state index contributed by atoms with van der Waals surface area (Å²) in [5.41, 5.74) is 11.4. The zero-order chi connectivity index (χ0) is 32.2. The molecule has 0 unspecified atom stereocenters. The molecule has 0 aliphatic rings. The van der Waals surface area contributed by atoms with Gasteiger partial charge in [0.15, 0.2) is 0 Å². The van der Waals surface area contributed by atoms with Gasteiger partial charge in [-0.3, -0.25) is 0 Å². The number of hydrogen-bond donors (Lipinski definition) is 0. The van der Waals surface area contributed by atoms with Crippen molar-refractivity contribution in [3.8, 4) is 45.8 Å². The van der Waals surface area contributed by atoms with Gasteiger partial charge in [0.05, 0.1) is 50.6 Å². The van der Waals surface area contributed by atoms with E-state index in [9.17, 15) is 10.5 Å². The van der Waals surface area contributed by atoms with E-state index >= 15 is 0 Å². The Balaban J connectivity index is 1.25. The van der Waals surface area contributed by atoms with E-state index in [1.807, 2.05) is 48.5 Å². The molecular formula is C44H26N4. The Hall–Kier alpha value is -6.88. The molecule has 0 spiro atoms. The maximum atomic E-state index is 10.5. The molecule has 4 heteroatoms. The number of rotatable bonds is 4. The number of nitriles is 2. The van der Waals surface area contributed by atoms with Crippen molar-refractivity contribution in [2.75, 3.05) is 0 Å². The molecule has 7 aromatic carbocycles. The lowest BCUT2D eigenvalue weighted by molar-refractivity contribution is 1.17. The van der Waals surface area contributed by atoms with Crippen LogP contribution in [-0.2, 0) is 0 Å². The van der Waals surface area contributed by atoms with E-state index in [1.165, 1.54) is 0 Å². The summed E-state index contributed by atoms with van der Waals surface area (Å²) in [6.07, 6.45) is 0. The third kappa shape index (κ3) is 4.01. The van der Waals surface area contributed by atoms with Crippen molar-refractivity contribution in [1.82, 2.24) is 9.13 Å². The van der Waals surface area contributed by atoms with Crippen LogP contribution in [0.25, 0.3) is 77.2 Å². The molecule has 0 amide bonds. The minimum absolute atomic E-state index is 0.605. The van der Waals surface area contributed by atoms with Crippen LogP contribution >= 0.6 is 0 Å². The van der Waals surface area contributed by atoms with Crippen LogP contribution in [0.4, 0.5) is 0 Å². The highest BCUT2D eigenvalue weighted by Crippen LogP contribution is 2.41. The zero-order valence-corrected chi connectivity index (χ0v) is 25.8. The Labute approximate surface area is 277 Å². The second kappa shape index (κ2) is 10.9. The SMILES string of the molecule is N#Cc1cc(-c2ccccc2-c2ccccc2-n2c3ccccc3c3c(C#N)cccc32)ccc1-n1c2ccccc2c2ccccc21. The summed E-state index contributed by atoms with van der Waals surface area (Å²) in [5.74, 6) is 0. The van der Waals surface area contributed by atoms with E-state index in [4.69, 9.17) is 0 Å². The predicted octanol–water partition coefficient (Wildman–Crippen LogP) is 11.0. The lowest BCUT2D eigenvalue weighted by Crippen LogP contribution is -1.99. The Morgan fingerprint density at radius 1 is 0.375 bits per heavy atom. The molecule has 0 aliphatic carbocycles. The molecule has 0 fully saturated rings. The summed E-state index contributed by atoms with van der Waals surface area (Å²) in [7, 11) is 0. The first-order valence-electron chi connectivity index (χ1n) is 15.9. The van der Waals surface area contributed by atoms with Crippen LogP contribution in [0, 0.1) is 22.7 Å². The predicted molar refractivity (Wildman–Crippen MR) is 195 cm³/mol. The summed E-state index contributed by atoms with van der Waals surface area (Å²) in [4.78, 5) is 0. The Bertz CT molecular complexity index is 2760. The molecule has 2 heterocycles. The minimum Gasteiger partial charge on any atom is -0.309 e. The van der Waals surface area contributed by atoms with E-state index in [0.29, 0.717) is 11.1 Å². The van der Waals surface area contributed by atoms with E-state index in [2.05, 4.69) is 130 Å². The van der Waals surface area contributed by atoms with E-state index < -0.39 is 0 Å². The van der Waals surface area contributed by atoms with E-state index in [1.54, 1.807) is 0 Å². The normalized spacial score (nSPS) is 11.3. The Kier molecular flexibility index (Phi) is 6.22. The average molecular weight is 611 g/mol. The molecule has 0 atom stereocenters. The minimum atomic E-state index is 0.605. The van der Waals surface area contributed by atoms with E-state index in [0.717, 1.165) is 77.2 Å². The van der Waals surface area contributed by atoms with Gasteiger partial charge in [-0.25, -0.2) is 0 Å². The van der Waals surface area contributed by atoms with Crippen LogP contribution in [0.2, 0.25) is 0 Å². The van der Waals surface area contributed by atoms with Gasteiger partial charge in [-0.1, -0.05) is 109 Å². The monoisotopic (exact) mass is 610 g/mol. The Morgan fingerprint density at radius 2 is 0.896 bits per heavy atom. The van der Waals surface area contributed by atoms with Gasteiger partial charge in [-0.15, -0.1) is 0 Å². The van der Waals surface area contributed by atoms with E-state index in [-0.39, 0.29) is 0 Å². The summed E-state index contributed by atoms with van der Waals surface area (Å²) in [6, 6.07) is 58.9.